The van der Waals surface area contributed by atoms with E-state index < -0.39 is 0 Å². The van der Waals surface area contributed by atoms with E-state index >= 15 is 0 Å². The van der Waals surface area contributed by atoms with E-state index in [2.05, 4.69) is 0 Å². The third-order valence-electron chi connectivity index (χ3n) is 1.30. The van der Waals surface area contributed by atoms with Crippen LogP contribution < -0.4 is 5.46 Å². The summed E-state index contributed by atoms with van der Waals surface area (Å²) >= 11 is 0. The minimum atomic E-state index is 0. The molecule has 0 aromatic heterocycles. The molecule has 0 saturated heterocycles. The van der Waals surface area contributed by atoms with Crippen LogP contribution in [0.3, 0.4) is 0 Å². The zero-order valence-electron chi connectivity index (χ0n) is 6.46. The van der Waals surface area contributed by atoms with E-state index in [-0.39, 0.29) is 17.6 Å². The highest BCUT2D eigenvalue weighted by atomic mass is 16.3. The van der Waals surface area contributed by atoms with Gasteiger partial charge in [-0.25, -0.2) is 0 Å². The van der Waals surface area contributed by atoms with Crippen LogP contribution in [-0.2, 0) is 6.61 Å². The Labute approximate surface area is 66.7 Å². The number of hydrogen-bond acceptors (Lipinski definition) is 1. The summed E-state index contributed by atoms with van der Waals surface area (Å²) in [4.78, 5) is 0. The lowest BCUT2D eigenvalue weighted by Gasteiger charge is -1.94. The molecule has 1 aromatic carbocycles. The van der Waals surface area contributed by atoms with Crippen LogP contribution in [-0.4, -0.2) is 23.9 Å². The molecule has 0 heterocycles. The summed E-state index contributed by atoms with van der Waals surface area (Å²) in [7, 11) is 2.03. The topological polar surface area (TPSA) is 83.2 Å². The van der Waals surface area contributed by atoms with Crippen LogP contribution in [0.4, 0.5) is 0 Å². The van der Waals surface area contributed by atoms with E-state index in [0.29, 0.717) is 0 Å². The lowest BCUT2D eigenvalue weighted by Crippen LogP contribution is -2.00. The summed E-state index contributed by atoms with van der Waals surface area (Å²) in [5.41, 5.74) is 2.20. The lowest BCUT2D eigenvalue weighted by molar-refractivity contribution is 0.282. The molecule has 0 amide bonds. The maximum absolute atomic E-state index is 8.63. The second-order valence-corrected chi connectivity index (χ2v) is 2.14. The molecule has 0 spiro atoms. The SMILES string of the molecule is Bc1ccc(CO)cc1.O.O. The van der Waals surface area contributed by atoms with E-state index in [9.17, 15) is 0 Å². The van der Waals surface area contributed by atoms with Crippen LogP contribution in [0, 0.1) is 0 Å². The molecule has 0 saturated carbocycles. The molecule has 0 aliphatic carbocycles. The fourth-order valence-electron chi connectivity index (χ4n) is 0.693. The van der Waals surface area contributed by atoms with Crippen molar-refractivity contribution in [1.29, 1.82) is 0 Å². The monoisotopic (exact) mass is 156 g/mol. The summed E-state index contributed by atoms with van der Waals surface area (Å²) in [6.45, 7) is 0.139. The van der Waals surface area contributed by atoms with Crippen LogP contribution in [0.15, 0.2) is 24.3 Å². The van der Waals surface area contributed by atoms with Gasteiger partial charge >= 0.3 is 0 Å². The first-order valence-corrected chi connectivity index (χ1v) is 2.99. The maximum atomic E-state index is 8.63. The molecule has 0 aliphatic rings. The van der Waals surface area contributed by atoms with Gasteiger partial charge in [0.05, 0.1) is 6.61 Å². The van der Waals surface area contributed by atoms with Crippen molar-refractivity contribution in [3.8, 4) is 0 Å². The molecule has 0 atom stereocenters. The van der Waals surface area contributed by atoms with Crippen molar-refractivity contribution in [2.75, 3.05) is 0 Å². The fraction of sp³-hybridized carbons (Fsp3) is 0.143. The fourth-order valence-corrected chi connectivity index (χ4v) is 0.693. The van der Waals surface area contributed by atoms with Crippen molar-refractivity contribution in [2.24, 2.45) is 0 Å². The second-order valence-electron chi connectivity index (χ2n) is 2.14. The maximum Gasteiger partial charge on any atom is 0.139 e. The zero-order valence-corrected chi connectivity index (χ0v) is 6.46. The van der Waals surface area contributed by atoms with Crippen LogP contribution in [0.5, 0.6) is 0 Å². The highest BCUT2D eigenvalue weighted by Gasteiger charge is 1.85. The predicted molar refractivity (Wildman–Crippen MR) is 47.8 cm³/mol. The summed E-state index contributed by atoms with van der Waals surface area (Å²) in [5.74, 6) is 0. The normalized spacial score (nSPS) is 7.73. The van der Waals surface area contributed by atoms with Crippen molar-refractivity contribution in [1.82, 2.24) is 0 Å². The Morgan fingerprint density at radius 2 is 1.55 bits per heavy atom. The Hall–Kier alpha value is -0.835. The van der Waals surface area contributed by atoms with E-state index in [0.717, 1.165) is 5.56 Å². The van der Waals surface area contributed by atoms with E-state index in [1.807, 2.05) is 32.1 Å². The van der Waals surface area contributed by atoms with Crippen molar-refractivity contribution in [3.05, 3.63) is 29.8 Å². The quantitative estimate of drug-likeness (QED) is 0.459. The van der Waals surface area contributed by atoms with Crippen molar-refractivity contribution in [2.45, 2.75) is 6.61 Å². The molecule has 4 heteroatoms. The largest absolute Gasteiger partial charge is 0.412 e. The summed E-state index contributed by atoms with van der Waals surface area (Å²) in [5, 5.41) is 8.63. The summed E-state index contributed by atoms with van der Waals surface area (Å²) in [6, 6.07) is 7.84. The molecule has 0 unspecified atom stereocenters. The Morgan fingerprint density at radius 1 is 1.09 bits per heavy atom. The van der Waals surface area contributed by atoms with E-state index in [4.69, 9.17) is 5.11 Å². The lowest BCUT2D eigenvalue weighted by atomic mass is 9.95. The third kappa shape index (κ3) is 3.77. The Morgan fingerprint density at radius 3 is 1.91 bits per heavy atom. The minimum absolute atomic E-state index is 0. The molecule has 1 aromatic rings. The standard InChI is InChI=1S/C7H9BO.2H2O/c8-7-3-1-6(5-9)2-4-7;;/h1-4,9H,5,8H2;2*1H2. The molecule has 0 fully saturated rings. The third-order valence-corrected chi connectivity index (χ3v) is 1.30. The predicted octanol–water partition coefficient (Wildman–Crippen LogP) is -2.21. The van der Waals surface area contributed by atoms with E-state index in [1.54, 1.807) is 0 Å². The smallest absolute Gasteiger partial charge is 0.139 e. The van der Waals surface area contributed by atoms with Gasteiger partial charge < -0.3 is 16.1 Å². The molecule has 0 radical (unpaired) electrons. The Bertz CT molecular complexity index is 185. The number of aliphatic hydroxyl groups excluding tert-OH is 1. The average molecular weight is 156 g/mol. The average Bonchev–Trinajstić information content (AvgIpc) is 1.90. The number of rotatable bonds is 1. The van der Waals surface area contributed by atoms with Gasteiger partial charge in [-0.15, -0.1) is 0 Å². The van der Waals surface area contributed by atoms with Gasteiger partial charge in [0.1, 0.15) is 7.85 Å². The van der Waals surface area contributed by atoms with Gasteiger partial charge in [-0.2, -0.15) is 0 Å². The molecule has 62 valence electrons. The van der Waals surface area contributed by atoms with Crippen LogP contribution in [0.25, 0.3) is 0 Å². The van der Waals surface area contributed by atoms with Crippen LogP contribution >= 0.6 is 0 Å². The summed E-state index contributed by atoms with van der Waals surface area (Å²) < 4.78 is 0. The number of benzene rings is 1. The van der Waals surface area contributed by atoms with Gasteiger partial charge in [0.2, 0.25) is 0 Å². The first kappa shape index (κ1) is 12.8. The number of hydrogen-bond donors (Lipinski definition) is 1. The molecule has 0 bridgehead atoms. The Kier molecular flexibility index (Phi) is 6.88. The molecular weight excluding hydrogens is 143 g/mol. The number of aliphatic hydroxyl groups is 1. The summed E-state index contributed by atoms with van der Waals surface area (Å²) in [6.07, 6.45) is 0. The van der Waals surface area contributed by atoms with Crippen LogP contribution in [0.2, 0.25) is 0 Å². The molecule has 1 rings (SSSR count). The highest BCUT2D eigenvalue weighted by molar-refractivity contribution is 6.32. The zero-order chi connectivity index (χ0) is 6.69. The van der Waals surface area contributed by atoms with Crippen LogP contribution in [0.1, 0.15) is 5.56 Å². The van der Waals surface area contributed by atoms with Gasteiger partial charge in [-0.3, -0.25) is 0 Å². The van der Waals surface area contributed by atoms with Gasteiger partial charge in [0, 0.05) is 0 Å². The molecule has 5 N–H and O–H groups in total. The van der Waals surface area contributed by atoms with Crippen molar-refractivity contribution < 1.29 is 16.1 Å². The molecule has 11 heavy (non-hydrogen) atoms. The molecular formula is C7H13BO3. The van der Waals surface area contributed by atoms with Gasteiger partial charge in [-0.05, 0) is 5.56 Å². The van der Waals surface area contributed by atoms with Crippen molar-refractivity contribution >= 4 is 13.3 Å². The first-order valence-electron chi connectivity index (χ1n) is 2.99. The van der Waals surface area contributed by atoms with Gasteiger partial charge in [-0.1, -0.05) is 29.7 Å². The van der Waals surface area contributed by atoms with Crippen molar-refractivity contribution in [3.63, 3.8) is 0 Å². The Balaban J connectivity index is 0. The van der Waals surface area contributed by atoms with Gasteiger partial charge in [0.15, 0.2) is 0 Å². The minimum Gasteiger partial charge on any atom is -0.412 e. The van der Waals surface area contributed by atoms with Gasteiger partial charge in [0.25, 0.3) is 0 Å². The van der Waals surface area contributed by atoms with E-state index in [1.165, 1.54) is 5.46 Å². The highest BCUT2D eigenvalue weighted by Crippen LogP contribution is 1.93. The molecule has 0 aliphatic heterocycles. The second kappa shape index (κ2) is 5.91. The first-order chi connectivity index (χ1) is 4.33. The molecule has 3 nitrogen and oxygen atoms in total.